The number of anilines is 1. The summed E-state index contributed by atoms with van der Waals surface area (Å²) in [5.41, 5.74) is -0.996. The Morgan fingerprint density at radius 3 is 2.11 bits per heavy atom. The first-order valence-corrected chi connectivity index (χ1v) is 8.11. The minimum absolute atomic E-state index is 0.103. The molecule has 100 valence electrons. The predicted octanol–water partition coefficient (Wildman–Crippen LogP) is 3.59. The lowest BCUT2D eigenvalue weighted by atomic mass is 10.1. The van der Waals surface area contributed by atoms with Crippen molar-refractivity contribution in [2.45, 2.75) is 0 Å². The molecule has 0 spiro atoms. The van der Waals surface area contributed by atoms with E-state index in [9.17, 15) is 18.0 Å². The van der Waals surface area contributed by atoms with Gasteiger partial charge in [-0.2, -0.15) is 0 Å². The maximum atomic E-state index is 13.8. The van der Waals surface area contributed by atoms with Crippen molar-refractivity contribution in [1.29, 1.82) is 0 Å². The summed E-state index contributed by atoms with van der Waals surface area (Å²) in [6.07, 6.45) is 0.103. The van der Waals surface area contributed by atoms with E-state index in [1.54, 1.807) is 0 Å². The number of carbonyl (C=O) groups excluding carboxylic acids is 1. The summed E-state index contributed by atoms with van der Waals surface area (Å²) >= 11 is 4.15. The van der Waals surface area contributed by atoms with Gasteiger partial charge >= 0.3 is 0 Å². The molecule has 1 aromatic rings. The third-order valence-electron chi connectivity index (χ3n) is 2.31. The molecule has 7 heteroatoms. The van der Waals surface area contributed by atoms with Crippen LogP contribution >= 0.6 is 45.2 Å². The average molecular weight is 483 g/mol. The van der Waals surface area contributed by atoms with Gasteiger partial charge in [0.2, 0.25) is 0 Å². The number of carbonyl (C=O) groups is 1. The first-order chi connectivity index (χ1) is 8.56. The van der Waals surface area contributed by atoms with Crippen molar-refractivity contribution in [3.8, 4) is 0 Å². The number of halogens is 5. The molecule has 0 unspecified atom stereocenters. The van der Waals surface area contributed by atoms with Gasteiger partial charge in [-0.1, -0.05) is 45.2 Å². The molecule has 0 aromatic heterocycles. The largest absolute Gasteiger partial charge is 0.365 e. The number of alkyl halides is 2. The highest BCUT2D eigenvalue weighted by molar-refractivity contribution is 14.1. The molecule has 0 atom stereocenters. The van der Waals surface area contributed by atoms with Crippen molar-refractivity contribution >= 4 is 57.2 Å². The molecule has 0 aliphatic rings. The lowest BCUT2D eigenvalue weighted by Crippen LogP contribution is -2.29. The molecule has 0 aliphatic carbocycles. The maximum Gasteiger partial charge on any atom is 0.185 e. The van der Waals surface area contributed by atoms with Crippen molar-refractivity contribution in [3.05, 3.63) is 29.1 Å². The highest BCUT2D eigenvalue weighted by Gasteiger charge is 2.22. The van der Waals surface area contributed by atoms with Crippen LogP contribution in [0.3, 0.4) is 0 Å². The summed E-state index contributed by atoms with van der Waals surface area (Å²) in [7, 11) is 0. The number of aldehydes is 1. The Bertz CT molecular complexity index is 437. The SMILES string of the molecule is O=Cc1cc(F)c(N(CCI)CCI)c(F)c1F. The molecule has 0 aliphatic heterocycles. The van der Waals surface area contributed by atoms with Gasteiger partial charge in [-0.3, -0.25) is 4.79 Å². The summed E-state index contributed by atoms with van der Waals surface area (Å²) in [5.74, 6) is -3.51. The molecule has 0 heterocycles. The monoisotopic (exact) mass is 483 g/mol. The van der Waals surface area contributed by atoms with Gasteiger partial charge in [-0.25, -0.2) is 13.2 Å². The van der Waals surface area contributed by atoms with Crippen LogP contribution in [0, 0.1) is 17.5 Å². The van der Waals surface area contributed by atoms with E-state index >= 15 is 0 Å². The lowest BCUT2D eigenvalue weighted by Gasteiger charge is -2.24. The Morgan fingerprint density at radius 2 is 1.67 bits per heavy atom. The second kappa shape index (κ2) is 7.51. The zero-order valence-corrected chi connectivity index (χ0v) is 13.5. The molecule has 0 fully saturated rings. The minimum Gasteiger partial charge on any atom is -0.365 e. The summed E-state index contributed by atoms with van der Waals surface area (Å²) in [6.45, 7) is 0.828. The van der Waals surface area contributed by atoms with E-state index in [0.717, 1.165) is 6.07 Å². The summed E-state index contributed by atoms with van der Waals surface area (Å²) in [6, 6.07) is 0.730. The second-order valence-electron chi connectivity index (χ2n) is 3.41. The van der Waals surface area contributed by atoms with Crippen molar-refractivity contribution < 1.29 is 18.0 Å². The van der Waals surface area contributed by atoms with E-state index in [4.69, 9.17) is 0 Å². The zero-order valence-electron chi connectivity index (χ0n) is 9.23. The highest BCUT2D eigenvalue weighted by Crippen LogP contribution is 2.27. The Kier molecular flexibility index (Phi) is 6.67. The quantitative estimate of drug-likeness (QED) is 0.267. The van der Waals surface area contributed by atoms with Gasteiger partial charge in [0, 0.05) is 21.9 Å². The highest BCUT2D eigenvalue weighted by atomic mass is 127. The number of benzene rings is 1. The van der Waals surface area contributed by atoms with Crippen LogP contribution in [0.1, 0.15) is 10.4 Å². The molecule has 1 rings (SSSR count). The molecule has 0 radical (unpaired) electrons. The number of hydrogen-bond donors (Lipinski definition) is 0. The van der Waals surface area contributed by atoms with Crippen LogP contribution in [-0.2, 0) is 0 Å². The van der Waals surface area contributed by atoms with Crippen LogP contribution in [0.15, 0.2) is 6.07 Å². The van der Waals surface area contributed by atoms with Crippen molar-refractivity contribution in [2.75, 3.05) is 26.8 Å². The van der Waals surface area contributed by atoms with Gasteiger partial charge in [0.05, 0.1) is 5.56 Å². The normalized spacial score (nSPS) is 10.5. The molecular weight excluding hydrogens is 473 g/mol. The third-order valence-corrected chi connectivity index (χ3v) is 3.28. The lowest BCUT2D eigenvalue weighted by molar-refractivity contribution is 0.111. The van der Waals surface area contributed by atoms with E-state index in [2.05, 4.69) is 45.2 Å². The van der Waals surface area contributed by atoms with E-state index < -0.39 is 28.7 Å². The van der Waals surface area contributed by atoms with Gasteiger partial charge in [-0.15, -0.1) is 0 Å². The summed E-state index contributed by atoms with van der Waals surface area (Å²) in [4.78, 5) is 11.9. The molecule has 2 nitrogen and oxygen atoms in total. The number of nitrogens with zero attached hydrogens (tertiary/aromatic N) is 1. The van der Waals surface area contributed by atoms with Crippen LogP contribution in [0.25, 0.3) is 0 Å². The molecule has 0 amide bonds. The van der Waals surface area contributed by atoms with Crippen LogP contribution in [0.4, 0.5) is 18.9 Å². The minimum atomic E-state index is -1.30. The van der Waals surface area contributed by atoms with Gasteiger partial charge in [0.15, 0.2) is 17.9 Å². The Hall–Kier alpha value is -0.0600. The fraction of sp³-hybridized carbons (Fsp3) is 0.364. The summed E-state index contributed by atoms with van der Waals surface area (Å²) < 4.78 is 42.3. The molecule has 0 bridgehead atoms. The molecule has 18 heavy (non-hydrogen) atoms. The Balaban J connectivity index is 3.29. The second-order valence-corrected chi connectivity index (χ2v) is 5.56. The van der Waals surface area contributed by atoms with Crippen molar-refractivity contribution in [2.24, 2.45) is 0 Å². The first-order valence-electron chi connectivity index (χ1n) is 5.06. The van der Waals surface area contributed by atoms with Crippen molar-refractivity contribution in [3.63, 3.8) is 0 Å². The van der Waals surface area contributed by atoms with E-state index in [1.807, 2.05) is 0 Å². The van der Waals surface area contributed by atoms with Crippen molar-refractivity contribution in [1.82, 2.24) is 0 Å². The summed E-state index contributed by atoms with van der Waals surface area (Å²) in [5, 5.41) is 0. The predicted molar refractivity (Wildman–Crippen MR) is 81.7 cm³/mol. The molecule has 1 aromatic carbocycles. The van der Waals surface area contributed by atoms with Crippen LogP contribution in [0.5, 0.6) is 0 Å². The third kappa shape index (κ3) is 3.49. The van der Waals surface area contributed by atoms with Crippen LogP contribution < -0.4 is 4.90 Å². The smallest absolute Gasteiger partial charge is 0.185 e. The molecular formula is C11H10F3I2NO. The molecule has 0 N–H and O–H groups in total. The number of hydrogen-bond acceptors (Lipinski definition) is 2. The zero-order chi connectivity index (χ0) is 13.7. The van der Waals surface area contributed by atoms with Gasteiger partial charge in [0.1, 0.15) is 11.5 Å². The molecule has 0 saturated carbocycles. The van der Waals surface area contributed by atoms with E-state index in [0.29, 0.717) is 21.9 Å². The topological polar surface area (TPSA) is 20.3 Å². The fourth-order valence-electron chi connectivity index (χ4n) is 1.52. The average Bonchev–Trinajstić information content (AvgIpc) is 2.34. The first kappa shape index (κ1) is 16.0. The Labute approximate surface area is 130 Å². The Morgan fingerprint density at radius 1 is 1.11 bits per heavy atom. The number of rotatable bonds is 6. The van der Waals surface area contributed by atoms with Crippen LogP contribution in [0.2, 0.25) is 0 Å². The van der Waals surface area contributed by atoms with E-state index in [-0.39, 0.29) is 6.29 Å². The fourth-order valence-corrected chi connectivity index (χ4v) is 2.68. The van der Waals surface area contributed by atoms with Gasteiger partial charge < -0.3 is 4.90 Å². The standard InChI is InChI=1S/C11H10F3I2NO/c12-8-5-7(6-18)9(13)10(14)11(8)17(3-1-15)4-2-16/h5-6H,1-4H2. The van der Waals surface area contributed by atoms with Gasteiger partial charge in [0.25, 0.3) is 0 Å². The van der Waals surface area contributed by atoms with Crippen LogP contribution in [-0.4, -0.2) is 28.2 Å². The van der Waals surface area contributed by atoms with E-state index in [1.165, 1.54) is 4.90 Å². The molecule has 0 saturated heterocycles. The van der Waals surface area contributed by atoms with Gasteiger partial charge in [-0.05, 0) is 6.07 Å². The maximum absolute atomic E-state index is 13.8.